The Balaban J connectivity index is 3.52. The molecular formula is C10H10BrN. The van der Waals surface area contributed by atoms with E-state index in [0.29, 0.717) is 0 Å². The predicted octanol–water partition coefficient (Wildman–Crippen LogP) is 3.25. The van der Waals surface area contributed by atoms with Crippen LogP contribution in [-0.2, 0) is 0 Å². The fourth-order valence-electron chi connectivity index (χ4n) is 1.12. The molecule has 0 radical (unpaired) electrons. The molecule has 0 aliphatic heterocycles. The van der Waals surface area contributed by atoms with E-state index in [1.165, 1.54) is 11.1 Å². The molecule has 0 unspecified atom stereocenters. The number of rotatable bonds is 0. The van der Waals surface area contributed by atoms with Crippen LogP contribution in [0.4, 0.5) is 0 Å². The minimum atomic E-state index is 0.755. The average Bonchev–Trinajstić information content (AvgIpc) is 2.08. The van der Waals surface area contributed by atoms with Gasteiger partial charge in [0, 0.05) is 4.47 Å². The highest BCUT2D eigenvalue weighted by Gasteiger charge is 2.06. The van der Waals surface area contributed by atoms with E-state index in [1.807, 2.05) is 26.8 Å². The first-order chi connectivity index (χ1) is 5.57. The topological polar surface area (TPSA) is 23.8 Å². The molecule has 12 heavy (non-hydrogen) atoms. The van der Waals surface area contributed by atoms with Crippen LogP contribution < -0.4 is 0 Å². The minimum absolute atomic E-state index is 0.755. The van der Waals surface area contributed by atoms with E-state index in [1.54, 1.807) is 0 Å². The zero-order valence-corrected chi connectivity index (χ0v) is 8.99. The van der Waals surface area contributed by atoms with Crippen LogP contribution in [0.15, 0.2) is 10.5 Å². The highest BCUT2D eigenvalue weighted by Crippen LogP contribution is 2.24. The molecule has 0 amide bonds. The quantitative estimate of drug-likeness (QED) is 0.663. The van der Waals surface area contributed by atoms with E-state index in [2.05, 4.69) is 22.0 Å². The first-order valence-corrected chi connectivity index (χ1v) is 4.53. The van der Waals surface area contributed by atoms with Crippen LogP contribution >= 0.6 is 15.9 Å². The van der Waals surface area contributed by atoms with E-state index in [0.717, 1.165) is 15.6 Å². The van der Waals surface area contributed by atoms with Crippen molar-refractivity contribution in [2.75, 3.05) is 0 Å². The SMILES string of the molecule is Cc1c(Br)cc(C#N)c(C)c1C. The van der Waals surface area contributed by atoms with Gasteiger partial charge in [-0.05, 0) is 43.5 Å². The van der Waals surface area contributed by atoms with Gasteiger partial charge in [-0.25, -0.2) is 0 Å². The van der Waals surface area contributed by atoms with Gasteiger partial charge in [0.2, 0.25) is 0 Å². The van der Waals surface area contributed by atoms with E-state index < -0.39 is 0 Å². The van der Waals surface area contributed by atoms with E-state index >= 15 is 0 Å². The Morgan fingerprint density at radius 3 is 2.25 bits per heavy atom. The summed E-state index contributed by atoms with van der Waals surface area (Å²) in [6.07, 6.45) is 0. The lowest BCUT2D eigenvalue weighted by molar-refractivity contribution is 1.23. The molecule has 0 aliphatic carbocycles. The van der Waals surface area contributed by atoms with Crippen molar-refractivity contribution < 1.29 is 0 Å². The lowest BCUT2D eigenvalue weighted by Gasteiger charge is -2.07. The van der Waals surface area contributed by atoms with Crippen molar-refractivity contribution >= 4 is 15.9 Å². The molecule has 1 rings (SSSR count). The molecule has 1 aromatic rings. The van der Waals surface area contributed by atoms with Crippen molar-refractivity contribution in [1.29, 1.82) is 5.26 Å². The third-order valence-corrected chi connectivity index (χ3v) is 3.10. The van der Waals surface area contributed by atoms with Crippen molar-refractivity contribution in [2.24, 2.45) is 0 Å². The molecule has 62 valence electrons. The number of hydrogen-bond acceptors (Lipinski definition) is 1. The molecule has 0 atom stereocenters. The maximum Gasteiger partial charge on any atom is 0.0994 e. The molecule has 0 aromatic heterocycles. The third kappa shape index (κ3) is 1.37. The maximum absolute atomic E-state index is 8.79. The van der Waals surface area contributed by atoms with Crippen LogP contribution in [0.25, 0.3) is 0 Å². The van der Waals surface area contributed by atoms with E-state index in [-0.39, 0.29) is 0 Å². The Bertz CT molecular complexity index is 361. The molecule has 0 heterocycles. The molecule has 0 bridgehead atoms. The van der Waals surface area contributed by atoms with Gasteiger partial charge in [-0.1, -0.05) is 15.9 Å². The third-order valence-electron chi connectivity index (χ3n) is 2.28. The van der Waals surface area contributed by atoms with Crippen LogP contribution in [0.1, 0.15) is 22.3 Å². The predicted molar refractivity (Wildman–Crippen MR) is 53.1 cm³/mol. The van der Waals surface area contributed by atoms with Gasteiger partial charge >= 0.3 is 0 Å². The van der Waals surface area contributed by atoms with Crippen molar-refractivity contribution in [2.45, 2.75) is 20.8 Å². The summed E-state index contributed by atoms with van der Waals surface area (Å²) in [5.41, 5.74) is 4.25. The Labute approximate surface area is 81.2 Å². The van der Waals surface area contributed by atoms with Crippen molar-refractivity contribution in [3.05, 3.63) is 32.8 Å². The van der Waals surface area contributed by atoms with E-state index in [4.69, 9.17) is 5.26 Å². The van der Waals surface area contributed by atoms with Crippen molar-refractivity contribution in [1.82, 2.24) is 0 Å². The van der Waals surface area contributed by atoms with Gasteiger partial charge in [0.05, 0.1) is 11.6 Å². The first kappa shape index (κ1) is 9.28. The van der Waals surface area contributed by atoms with Crippen molar-refractivity contribution in [3.8, 4) is 6.07 Å². The van der Waals surface area contributed by atoms with Gasteiger partial charge in [-0.15, -0.1) is 0 Å². The zero-order chi connectivity index (χ0) is 9.30. The Morgan fingerprint density at radius 2 is 1.75 bits per heavy atom. The summed E-state index contributed by atoms with van der Waals surface area (Å²) in [5.74, 6) is 0. The van der Waals surface area contributed by atoms with E-state index in [9.17, 15) is 0 Å². The molecule has 0 N–H and O–H groups in total. The van der Waals surface area contributed by atoms with Crippen LogP contribution in [0, 0.1) is 32.1 Å². The summed E-state index contributed by atoms with van der Waals surface area (Å²) in [6.45, 7) is 6.07. The summed E-state index contributed by atoms with van der Waals surface area (Å²) >= 11 is 3.42. The standard InChI is InChI=1S/C10H10BrN/c1-6-7(2)9(5-12)4-10(11)8(6)3/h4H,1-3H3. The molecule has 1 aromatic carbocycles. The van der Waals surface area contributed by atoms with Crippen LogP contribution in [0.3, 0.4) is 0 Å². The van der Waals surface area contributed by atoms with Crippen LogP contribution in [0.2, 0.25) is 0 Å². The zero-order valence-electron chi connectivity index (χ0n) is 7.40. The molecule has 0 fully saturated rings. The second-order valence-corrected chi connectivity index (χ2v) is 3.75. The summed E-state index contributed by atoms with van der Waals surface area (Å²) < 4.78 is 1.02. The smallest absolute Gasteiger partial charge is 0.0994 e. The minimum Gasteiger partial charge on any atom is -0.192 e. The highest BCUT2D eigenvalue weighted by molar-refractivity contribution is 9.10. The van der Waals surface area contributed by atoms with Crippen molar-refractivity contribution in [3.63, 3.8) is 0 Å². The average molecular weight is 224 g/mol. The lowest BCUT2D eigenvalue weighted by atomic mass is 10.00. The maximum atomic E-state index is 8.79. The van der Waals surface area contributed by atoms with Crippen LogP contribution in [-0.4, -0.2) is 0 Å². The Hall–Kier alpha value is -0.810. The molecule has 2 heteroatoms. The summed E-state index contributed by atoms with van der Waals surface area (Å²) in [4.78, 5) is 0. The highest BCUT2D eigenvalue weighted by atomic mass is 79.9. The first-order valence-electron chi connectivity index (χ1n) is 3.74. The number of nitrogens with zero attached hydrogens (tertiary/aromatic N) is 1. The molecular weight excluding hydrogens is 214 g/mol. The molecule has 0 saturated carbocycles. The lowest BCUT2D eigenvalue weighted by Crippen LogP contribution is -1.92. The monoisotopic (exact) mass is 223 g/mol. The second kappa shape index (κ2) is 3.28. The summed E-state index contributed by atoms with van der Waals surface area (Å²) in [5, 5.41) is 8.79. The summed E-state index contributed by atoms with van der Waals surface area (Å²) in [7, 11) is 0. The fourth-order valence-corrected chi connectivity index (χ4v) is 1.65. The largest absolute Gasteiger partial charge is 0.192 e. The number of hydrogen-bond donors (Lipinski definition) is 0. The summed E-state index contributed by atoms with van der Waals surface area (Å²) in [6, 6.07) is 4.05. The van der Waals surface area contributed by atoms with Gasteiger partial charge in [0.25, 0.3) is 0 Å². The molecule has 0 spiro atoms. The second-order valence-electron chi connectivity index (χ2n) is 2.89. The molecule has 0 saturated heterocycles. The van der Waals surface area contributed by atoms with Gasteiger partial charge in [-0.2, -0.15) is 5.26 Å². The van der Waals surface area contributed by atoms with Gasteiger partial charge < -0.3 is 0 Å². The molecule has 0 aliphatic rings. The fraction of sp³-hybridized carbons (Fsp3) is 0.300. The Kier molecular flexibility index (Phi) is 2.54. The van der Waals surface area contributed by atoms with Crippen LogP contribution in [0.5, 0.6) is 0 Å². The van der Waals surface area contributed by atoms with Gasteiger partial charge in [0.1, 0.15) is 0 Å². The Morgan fingerprint density at radius 1 is 1.17 bits per heavy atom. The number of halogens is 1. The normalized spacial score (nSPS) is 9.58. The van der Waals surface area contributed by atoms with Gasteiger partial charge in [0.15, 0.2) is 0 Å². The number of nitriles is 1. The van der Waals surface area contributed by atoms with Gasteiger partial charge in [-0.3, -0.25) is 0 Å². The molecule has 1 nitrogen and oxygen atoms in total. The number of benzene rings is 1.